The lowest BCUT2D eigenvalue weighted by atomic mass is 9.96. The van der Waals surface area contributed by atoms with E-state index in [1.54, 1.807) is 7.11 Å². The van der Waals surface area contributed by atoms with Crippen molar-refractivity contribution in [1.29, 1.82) is 0 Å². The molecule has 1 aliphatic rings. The fourth-order valence-electron chi connectivity index (χ4n) is 3.09. The molecule has 0 bridgehead atoms. The SMILES string of the molecule is CCc1cc(OC)ccc1CN1CCC(CNC)CC1.Cl. The number of piperidine rings is 1. The molecule has 1 aromatic carbocycles. The first-order valence-corrected chi connectivity index (χ1v) is 7.79. The second-order valence-electron chi connectivity index (χ2n) is 5.77. The van der Waals surface area contributed by atoms with Gasteiger partial charge >= 0.3 is 0 Å². The maximum Gasteiger partial charge on any atom is 0.119 e. The van der Waals surface area contributed by atoms with Crippen LogP contribution in [0.4, 0.5) is 0 Å². The molecule has 0 radical (unpaired) electrons. The summed E-state index contributed by atoms with van der Waals surface area (Å²) in [5.74, 6) is 1.83. The molecule has 0 atom stereocenters. The fraction of sp³-hybridized carbons (Fsp3) is 0.647. The summed E-state index contributed by atoms with van der Waals surface area (Å²) in [5, 5.41) is 3.30. The summed E-state index contributed by atoms with van der Waals surface area (Å²) in [7, 11) is 3.79. The molecule has 0 amide bonds. The van der Waals surface area contributed by atoms with Gasteiger partial charge in [0, 0.05) is 6.54 Å². The van der Waals surface area contributed by atoms with Crippen molar-refractivity contribution in [3.05, 3.63) is 29.3 Å². The van der Waals surface area contributed by atoms with Crippen LogP contribution in [0.1, 0.15) is 30.9 Å². The highest BCUT2D eigenvalue weighted by Crippen LogP contribution is 2.23. The third-order valence-electron chi connectivity index (χ3n) is 4.39. The lowest BCUT2D eigenvalue weighted by Gasteiger charge is -2.32. The van der Waals surface area contributed by atoms with E-state index in [1.165, 1.54) is 37.1 Å². The number of benzene rings is 1. The number of hydrogen-bond donors (Lipinski definition) is 1. The van der Waals surface area contributed by atoms with Gasteiger partial charge in [0.25, 0.3) is 0 Å². The monoisotopic (exact) mass is 312 g/mol. The lowest BCUT2D eigenvalue weighted by Crippen LogP contribution is -2.36. The summed E-state index contributed by atoms with van der Waals surface area (Å²) in [6, 6.07) is 6.50. The molecule has 0 spiro atoms. The van der Waals surface area contributed by atoms with E-state index >= 15 is 0 Å². The van der Waals surface area contributed by atoms with Gasteiger partial charge in [-0.15, -0.1) is 12.4 Å². The molecule has 1 fully saturated rings. The highest BCUT2D eigenvalue weighted by molar-refractivity contribution is 5.85. The molecule has 4 heteroatoms. The lowest BCUT2D eigenvalue weighted by molar-refractivity contribution is 0.176. The average Bonchev–Trinajstić information content (AvgIpc) is 2.50. The molecule has 0 unspecified atom stereocenters. The van der Waals surface area contributed by atoms with Crippen molar-refractivity contribution in [2.24, 2.45) is 5.92 Å². The number of ether oxygens (including phenoxy) is 1. The van der Waals surface area contributed by atoms with Crippen molar-refractivity contribution in [1.82, 2.24) is 10.2 Å². The van der Waals surface area contributed by atoms with Crippen molar-refractivity contribution in [3.63, 3.8) is 0 Å². The van der Waals surface area contributed by atoms with Gasteiger partial charge in [-0.3, -0.25) is 4.90 Å². The highest BCUT2D eigenvalue weighted by atomic mass is 35.5. The quantitative estimate of drug-likeness (QED) is 0.873. The highest BCUT2D eigenvalue weighted by Gasteiger charge is 2.19. The third kappa shape index (κ3) is 5.17. The predicted octanol–water partition coefficient (Wildman–Crippen LogP) is 3.11. The molecule has 1 N–H and O–H groups in total. The predicted molar refractivity (Wildman–Crippen MR) is 91.5 cm³/mol. The van der Waals surface area contributed by atoms with Crippen molar-refractivity contribution < 1.29 is 4.74 Å². The first kappa shape index (κ1) is 18.3. The van der Waals surface area contributed by atoms with Gasteiger partial charge in [-0.25, -0.2) is 0 Å². The number of halogens is 1. The maximum absolute atomic E-state index is 5.32. The van der Waals surface area contributed by atoms with Gasteiger partial charge in [-0.2, -0.15) is 0 Å². The zero-order valence-corrected chi connectivity index (χ0v) is 14.3. The fourth-order valence-corrected chi connectivity index (χ4v) is 3.09. The Balaban J connectivity index is 0.00000220. The molecular weight excluding hydrogens is 284 g/mol. The van der Waals surface area contributed by atoms with Crippen LogP contribution in [0.3, 0.4) is 0 Å². The minimum Gasteiger partial charge on any atom is -0.497 e. The Bertz CT molecular complexity index is 417. The minimum absolute atomic E-state index is 0. The Morgan fingerprint density at radius 3 is 2.52 bits per heavy atom. The summed E-state index contributed by atoms with van der Waals surface area (Å²) >= 11 is 0. The molecule has 120 valence electrons. The smallest absolute Gasteiger partial charge is 0.119 e. The van der Waals surface area contributed by atoms with Gasteiger partial charge in [0.05, 0.1) is 7.11 Å². The molecule has 1 heterocycles. The van der Waals surface area contributed by atoms with Gasteiger partial charge in [-0.1, -0.05) is 13.0 Å². The van der Waals surface area contributed by atoms with E-state index in [-0.39, 0.29) is 12.4 Å². The minimum atomic E-state index is 0. The van der Waals surface area contributed by atoms with Crippen molar-refractivity contribution in [2.75, 3.05) is 33.8 Å². The molecule has 0 aliphatic carbocycles. The van der Waals surface area contributed by atoms with E-state index in [0.29, 0.717) is 0 Å². The standard InChI is InChI=1S/C17H28N2O.ClH/c1-4-15-11-17(20-3)6-5-16(15)13-19-9-7-14(8-10-19)12-18-2;/h5-6,11,14,18H,4,7-10,12-13H2,1-3H3;1H. The van der Waals surface area contributed by atoms with E-state index in [4.69, 9.17) is 4.74 Å². The Morgan fingerprint density at radius 2 is 1.95 bits per heavy atom. The Kier molecular flexibility index (Phi) is 8.09. The van der Waals surface area contributed by atoms with Crippen LogP contribution in [0, 0.1) is 5.92 Å². The van der Waals surface area contributed by atoms with Gasteiger partial charge in [0.1, 0.15) is 5.75 Å². The van der Waals surface area contributed by atoms with Crippen LogP contribution in [-0.4, -0.2) is 38.7 Å². The van der Waals surface area contributed by atoms with E-state index in [0.717, 1.165) is 31.2 Å². The first-order chi connectivity index (χ1) is 9.76. The number of methoxy groups -OCH3 is 1. The van der Waals surface area contributed by atoms with Crippen LogP contribution < -0.4 is 10.1 Å². The van der Waals surface area contributed by atoms with Gasteiger partial charge < -0.3 is 10.1 Å². The number of nitrogens with one attached hydrogen (secondary N) is 1. The Hall–Kier alpha value is -0.770. The largest absolute Gasteiger partial charge is 0.497 e. The zero-order valence-electron chi connectivity index (χ0n) is 13.5. The normalized spacial score (nSPS) is 16.5. The molecule has 0 saturated carbocycles. The number of rotatable bonds is 6. The number of likely N-dealkylation sites (tertiary alicyclic amines) is 1. The third-order valence-corrected chi connectivity index (χ3v) is 4.39. The maximum atomic E-state index is 5.32. The van der Waals surface area contributed by atoms with Gasteiger partial charge in [0.15, 0.2) is 0 Å². The Morgan fingerprint density at radius 1 is 1.24 bits per heavy atom. The number of aryl methyl sites for hydroxylation is 1. The summed E-state index contributed by atoms with van der Waals surface area (Å²) in [6.45, 7) is 6.91. The molecule has 1 aromatic rings. The van der Waals surface area contributed by atoms with E-state index in [2.05, 4.69) is 42.4 Å². The summed E-state index contributed by atoms with van der Waals surface area (Å²) < 4.78 is 5.32. The second kappa shape index (κ2) is 9.29. The van der Waals surface area contributed by atoms with Gasteiger partial charge in [0.2, 0.25) is 0 Å². The zero-order chi connectivity index (χ0) is 14.4. The number of nitrogens with zero attached hydrogens (tertiary/aromatic N) is 1. The van der Waals surface area contributed by atoms with E-state index in [9.17, 15) is 0 Å². The van der Waals surface area contributed by atoms with Crippen molar-refractivity contribution in [3.8, 4) is 5.75 Å². The summed E-state index contributed by atoms with van der Waals surface area (Å²) in [4.78, 5) is 2.59. The summed E-state index contributed by atoms with van der Waals surface area (Å²) in [5.41, 5.74) is 2.88. The first-order valence-electron chi connectivity index (χ1n) is 7.79. The van der Waals surface area contributed by atoms with Crippen molar-refractivity contribution in [2.45, 2.75) is 32.7 Å². The van der Waals surface area contributed by atoms with Crippen LogP contribution in [0.25, 0.3) is 0 Å². The van der Waals surface area contributed by atoms with E-state index < -0.39 is 0 Å². The van der Waals surface area contributed by atoms with Crippen LogP contribution in [0.15, 0.2) is 18.2 Å². The molecule has 0 aromatic heterocycles. The Labute approximate surface area is 135 Å². The molecule has 3 nitrogen and oxygen atoms in total. The molecule has 21 heavy (non-hydrogen) atoms. The van der Waals surface area contributed by atoms with Crippen LogP contribution in [-0.2, 0) is 13.0 Å². The molecule has 1 saturated heterocycles. The molecule has 1 aliphatic heterocycles. The molecule has 2 rings (SSSR count). The van der Waals surface area contributed by atoms with Crippen LogP contribution in [0.5, 0.6) is 5.75 Å². The van der Waals surface area contributed by atoms with Crippen LogP contribution in [0.2, 0.25) is 0 Å². The van der Waals surface area contributed by atoms with Crippen LogP contribution >= 0.6 is 12.4 Å². The second-order valence-corrected chi connectivity index (χ2v) is 5.77. The number of hydrogen-bond acceptors (Lipinski definition) is 3. The van der Waals surface area contributed by atoms with Gasteiger partial charge in [-0.05, 0) is 75.1 Å². The topological polar surface area (TPSA) is 24.5 Å². The van der Waals surface area contributed by atoms with E-state index in [1.807, 2.05) is 0 Å². The average molecular weight is 313 g/mol. The van der Waals surface area contributed by atoms with Crippen molar-refractivity contribution >= 4 is 12.4 Å². The molecular formula is C17H29ClN2O. The summed E-state index contributed by atoms with van der Waals surface area (Å²) in [6.07, 6.45) is 3.71.